The maximum atomic E-state index is 12.4. The molecule has 0 unspecified atom stereocenters. The molecular formula is C17H24N2O2. The van der Waals surface area contributed by atoms with Crippen LogP contribution in [-0.4, -0.2) is 41.1 Å². The van der Waals surface area contributed by atoms with Crippen molar-refractivity contribution >= 4 is 11.6 Å². The van der Waals surface area contributed by atoms with Crippen LogP contribution in [0, 0.1) is 11.3 Å². The number of hydrogen-bond donors (Lipinski definition) is 2. The van der Waals surface area contributed by atoms with Crippen LogP contribution in [0.25, 0.3) is 0 Å². The van der Waals surface area contributed by atoms with Gasteiger partial charge in [0.05, 0.1) is 11.0 Å². The van der Waals surface area contributed by atoms with Crippen molar-refractivity contribution in [1.29, 1.82) is 0 Å². The van der Waals surface area contributed by atoms with E-state index in [1.165, 1.54) is 0 Å². The quantitative estimate of drug-likeness (QED) is 0.872. The summed E-state index contributed by atoms with van der Waals surface area (Å²) < 4.78 is 0. The summed E-state index contributed by atoms with van der Waals surface area (Å²) in [6.45, 7) is 6.01. The number of carbonyl (C=O) groups excluding carboxylic acids is 1. The second-order valence-electron chi connectivity index (χ2n) is 7.23. The van der Waals surface area contributed by atoms with E-state index in [2.05, 4.69) is 10.2 Å². The molecule has 1 aliphatic heterocycles. The van der Waals surface area contributed by atoms with Crippen molar-refractivity contribution in [3.8, 4) is 0 Å². The zero-order valence-electron chi connectivity index (χ0n) is 12.8. The molecule has 4 heteroatoms. The molecule has 3 rings (SSSR count). The lowest BCUT2D eigenvalue weighted by atomic mass is 9.84. The molecule has 21 heavy (non-hydrogen) atoms. The third-order valence-electron chi connectivity index (χ3n) is 4.60. The van der Waals surface area contributed by atoms with Crippen LogP contribution in [0.1, 0.15) is 26.7 Å². The van der Waals surface area contributed by atoms with Gasteiger partial charge in [0.2, 0.25) is 5.91 Å². The van der Waals surface area contributed by atoms with E-state index in [9.17, 15) is 9.90 Å². The molecule has 0 bridgehead atoms. The average Bonchev–Trinajstić information content (AvgIpc) is 3.22. The van der Waals surface area contributed by atoms with Crippen molar-refractivity contribution in [2.75, 3.05) is 25.0 Å². The third-order valence-corrected chi connectivity index (χ3v) is 4.60. The predicted octanol–water partition coefficient (Wildman–Crippen LogP) is 2.11. The Kier molecular flexibility index (Phi) is 3.54. The number of amides is 1. The molecule has 0 spiro atoms. The van der Waals surface area contributed by atoms with Gasteiger partial charge in [-0.25, -0.2) is 0 Å². The Bertz CT molecular complexity index is 517. The molecular weight excluding hydrogens is 264 g/mol. The van der Waals surface area contributed by atoms with Crippen LogP contribution < -0.4 is 5.32 Å². The summed E-state index contributed by atoms with van der Waals surface area (Å²) in [6.07, 6.45) is 2.31. The van der Waals surface area contributed by atoms with Gasteiger partial charge in [-0.15, -0.1) is 0 Å². The van der Waals surface area contributed by atoms with Crippen molar-refractivity contribution in [2.24, 2.45) is 11.3 Å². The normalized spacial score (nSPS) is 21.7. The van der Waals surface area contributed by atoms with E-state index in [0.29, 0.717) is 25.6 Å². The number of carbonyl (C=O) groups is 1. The monoisotopic (exact) mass is 288 g/mol. The zero-order chi connectivity index (χ0) is 15.1. The number of anilines is 1. The van der Waals surface area contributed by atoms with E-state index in [1.54, 1.807) is 0 Å². The van der Waals surface area contributed by atoms with Crippen molar-refractivity contribution in [3.05, 3.63) is 30.3 Å². The van der Waals surface area contributed by atoms with Gasteiger partial charge in [0.15, 0.2) is 0 Å². The molecule has 1 saturated carbocycles. The molecule has 2 N–H and O–H groups in total. The first-order chi connectivity index (χ1) is 9.89. The Morgan fingerprint density at radius 2 is 1.95 bits per heavy atom. The molecule has 0 aromatic heterocycles. The Balaban J connectivity index is 1.53. The van der Waals surface area contributed by atoms with Gasteiger partial charge in [0.1, 0.15) is 0 Å². The summed E-state index contributed by atoms with van der Waals surface area (Å²) in [5, 5.41) is 13.3. The van der Waals surface area contributed by atoms with E-state index in [4.69, 9.17) is 0 Å². The van der Waals surface area contributed by atoms with Gasteiger partial charge in [0.25, 0.3) is 0 Å². The number of nitrogens with one attached hydrogen (secondary N) is 1. The molecule has 2 fully saturated rings. The Labute approximate surface area is 126 Å². The Morgan fingerprint density at radius 3 is 2.52 bits per heavy atom. The first-order valence-corrected chi connectivity index (χ1v) is 7.70. The Morgan fingerprint density at radius 1 is 1.33 bits per heavy atom. The number of likely N-dealkylation sites (tertiary alicyclic amines) is 1. The number of benzene rings is 1. The summed E-state index contributed by atoms with van der Waals surface area (Å²) in [6, 6.07) is 9.54. The van der Waals surface area contributed by atoms with Crippen LogP contribution >= 0.6 is 0 Å². The Hall–Kier alpha value is -1.39. The van der Waals surface area contributed by atoms with E-state index < -0.39 is 11.0 Å². The van der Waals surface area contributed by atoms with Crippen LogP contribution in [-0.2, 0) is 4.79 Å². The molecule has 1 aromatic carbocycles. The van der Waals surface area contributed by atoms with Gasteiger partial charge in [-0.2, -0.15) is 0 Å². The lowest BCUT2D eigenvalue weighted by Gasteiger charge is -2.49. The number of rotatable bonds is 5. The topological polar surface area (TPSA) is 52.6 Å². The fourth-order valence-electron chi connectivity index (χ4n) is 3.17. The van der Waals surface area contributed by atoms with Crippen LogP contribution in [0.4, 0.5) is 5.69 Å². The number of hydrogen-bond acceptors (Lipinski definition) is 3. The van der Waals surface area contributed by atoms with Crippen LogP contribution in [0.5, 0.6) is 0 Å². The van der Waals surface area contributed by atoms with Crippen molar-refractivity contribution in [2.45, 2.75) is 32.3 Å². The summed E-state index contributed by atoms with van der Waals surface area (Å²) >= 11 is 0. The fraction of sp³-hybridized carbons (Fsp3) is 0.588. The zero-order valence-corrected chi connectivity index (χ0v) is 12.8. The average molecular weight is 288 g/mol. The van der Waals surface area contributed by atoms with Crippen molar-refractivity contribution in [1.82, 2.24) is 4.90 Å². The number of β-amino-alcohol motifs (C(OH)–C–C–N with tert-alkyl or cyclic N) is 1. The first kappa shape index (κ1) is 14.5. The second-order valence-corrected chi connectivity index (χ2v) is 7.23. The third kappa shape index (κ3) is 3.11. The first-order valence-electron chi connectivity index (χ1n) is 7.70. The number of para-hydroxylation sites is 1. The van der Waals surface area contributed by atoms with E-state index >= 15 is 0 Å². The maximum absolute atomic E-state index is 12.4. The van der Waals surface area contributed by atoms with Gasteiger partial charge < -0.3 is 10.4 Å². The highest BCUT2D eigenvalue weighted by Gasteiger charge is 2.52. The minimum atomic E-state index is -0.480. The molecule has 1 aromatic rings. The van der Waals surface area contributed by atoms with Crippen LogP contribution in [0.2, 0.25) is 0 Å². The molecule has 1 heterocycles. The summed E-state index contributed by atoms with van der Waals surface area (Å²) in [5.41, 5.74) is -0.124. The predicted molar refractivity (Wildman–Crippen MR) is 83.0 cm³/mol. The maximum Gasteiger partial charge on any atom is 0.231 e. The minimum absolute atomic E-state index is 0.0237. The lowest BCUT2D eigenvalue weighted by Crippen LogP contribution is -2.65. The largest absolute Gasteiger partial charge is 0.387 e. The van der Waals surface area contributed by atoms with Crippen molar-refractivity contribution < 1.29 is 9.90 Å². The minimum Gasteiger partial charge on any atom is -0.387 e. The van der Waals surface area contributed by atoms with E-state index in [1.807, 2.05) is 44.2 Å². The molecule has 1 aliphatic carbocycles. The molecule has 2 aliphatic rings. The molecule has 114 valence electrons. The highest BCUT2D eigenvalue weighted by molar-refractivity contribution is 5.94. The molecule has 1 amide bonds. The highest BCUT2D eigenvalue weighted by atomic mass is 16.3. The molecule has 1 saturated heterocycles. The fourth-order valence-corrected chi connectivity index (χ4v) is 3.17. The summed E-state index contributed by atoms with van der Waals surface area (Å²) in [5.74, 6) is 0.519. The smallest absolute Gasteiger partial charge is 0.231 e. The molecule has 0 radical (unpaired) electrons. The standard InChI is InChI=1S/C17H24N2O2/c1-16(2,15(20)18-14-6-4-3-5-7-14)10-19-11-17(21,12-19)13-8-9-13/h3-7,13,21H,8-12H2,1-2H3,(H,18,20). The van der Waals surface area contributed by atoms with Gasteiger partial charge in [-0.05, 0) is 44.7 Å². The molecule has 0 atom stereocenters. The number of aliphatic hydroxyl groups is 1. The molecule has 4 nitrogen and oxygen atoms in total. The SMILES string of the molecule is CC(C)(CN1CC(O)(C2CC2)C1)C(=O)Nc1ccccc1. The summed E-state index contributed by atoms with van der Waals surface area (Å²) in [4.78, 5) is 14.6. The van der Waals surface area contributed by atoms with Crippen LogP contribution in [0.15, 0.2) is 30.3 Å². The second kappa shape index (κ2) is 5.11. The van der Waals surface area contributed by atoms with Gasteiger partial charge in [0, 0.05) is 25.3 Å². The van der Waals surface area contributed by atoms with Crippen LogP contribution in [0.3, 0.4) is 0 Å². The lowest BCUT2D eigenvalue weighted by molar-refractivity contribution is -0.138. The van der Waals surface area contributed by atoms with E-state index in [0.717, 1.165) is 18.5 Å². The number of nitrogens with zero attached hydrogens (tertiary/aromatic N) is 1. The van der Waals surface area contributed by atoms with Gasteiger partial charge >= 0.3 is 0 Å². The highest BCUT2D eigenvalue weighted by Crippen LogP contribution is 2.45. The van der Waals surface area contributed by atoms with Gasteiger partial charge in [-0.3, -0.25) is 9.69 Å². The van der Waals surface area contributed by atoms with E-state index in [-0.39, 0.29) is 5.91 Å². The van der Waals surface area contributed by atoms with Gasteiger partial charge in [-0.1, -0.05) is 18.2 Å². The van der Waals surface area contributed by atoms with Crippen molar-refractivity contribution in [3.63, 3.8) is 0 Å². The summed E-state index contributed by atoms with van der Waals surface area (Å²) in [7, 11) is 0.